The highest BCUT2D eigenvalue weighted by Gasteiger charge is 2.20. The van der Waals surface area contributed by atoms with Gasteiger partial charge in [-0.05, 0) is 6.92 Å². The van der Waals surface area contributed by atoms with Crippen molar-refractivity contribution in [2.45, 2.75) is 13.0 Å². The Morgan fingerprint density at radius 1 is 1.32 bits per heavy atom. The van der Waals surface area contributed by atoms with Gasteiger partial charge in [-0.15, -0.1) is 23.7 Å². The molecule has 0 amide bonds. The fraction of sp³-hybridized carbons (Fsp3) is 0.357. The van der Waals surface area contributed by atoms with Gasteiger partial charge in [0.05, 0.1) is 24.9 Å². The van der Waals surface area contributed by atoms with Gasteiger partial charge < -0.3 is 10.1 Å². The monoisotopic (exact) mass is 296 g/mol. The second kappa shape index (κ2) is 6.48. The standard InChI is InChI=1S/C14H16N2OS.ClH/c1-10-13(11-5-3-2-4-6-11)16-14(18-10)12-9-17-8-7-15-12;/h2-6,12,15H,7-9H2,1H3;1H. The molecule has 5 heteroatoms. The zero-order valence-corrected chi connectivity index (χ0v) is 12.4. The minimum absolute atomic E-state index is 0. The number of hydrogen-bond acceptors (Lipinski definition) is 4. The van der Waals surface area contributed by atoms with Gasteiger partial charge in [0.15, 0.2) is 0 Å². The molecule has 1 aromatic heterocycles. The largest absolute Gasteiger partial charge is 0.378 e. The van der Waals surface area contributed by atoms with Crippen LogP contribution in [0.4, 0.5) is 0 Å². The van der Waals surface area contributed by atoms with E-state index in [1.165, 1.54) is 10.4 Å². The maximum atomic E-state index is 5.50. The van der Waals surface area contributed by atoms with Crippen LogP contribution in [0, 0.1) is 6.92 Å². The first kappa shape index (κ1) is 14.5. The lowest BCUT2D eigenvalue weighted by molar-refractivity contribution is 0.0768. The van der Waals surface area contributed by atoms with Gasteiger partial charge in [0.2, 0.25) is 0 Å². The summed E-state index contributed by atoms with van der Waals surface area (Å²) in [6.07, 6.45) is 0. The Kier molecular flexibility index (Phi) is 4.93. The summed E-state index contributed by atoms with van der Waals surface area (Å²) in [6.45, 7) is 4.56. The van der Waals surface area contributed by atoms with Crippen molar-refractivity contribution in [3.63, 3.8) is 0 Å². The molecule has 0 saturated carbocycles. The Morgan fingerprint density at radius 3 is 2.79 bits per heavy atom. The number of halogens is 1. The molecule has 1 aliphatic heterocycles. The van der Waals surface area contributed by atoms with Crippen LogP contribution in [-0.4, -0.2) is 24.7 Å². The molecule has 19 heavy (non-hydrogen) atoms. The number of benzene rings is 1. The molecule has 0 bridgehead atoms. The zero-order chi connectivity index (χ0) is 12.4. The van der Waals surface area contributed by atoms with Crippen LogP contribution < -0.4 is 5.32 Å². The van der Waals surface area contributed by atoms with Crippen molar-refractivity contribution >= 4 is 23.7 Å². The van der Waals surface area contributed by atoms with Crippen LogP contribution in [0.15, 0.2) is 30.3 Å². The molecule has 3 rings (SSSR count). The third-order valence-corrected chi connectivity index (χ3v) is 4.16. The molecule has 0 aliphatic carbocycles. The van der Waals surface area contributed by atoms with Crippen LogP contribution in [0.25, 0.3) is 11.3 Å². The van der Waals surface area contributed by atoms with Gasteiger partial charge in [-0.3, -0.25) is 0 Å². The predicted octanol–water partition coefficient (Wildman–Crippen LogP) is 3.20. The van der Waals surface area contributed by atoms with Gasteiger partial charge in [-0.2, -0.15) is 0 Å². The molecule has 1 aliphatic rings. The number of hydrogen-bond donors (Lipinski definition) is 1. The van der Waals surface area contributed by atoms with Crippen LogP contribution in [-0.2, 0) is 4.74 Å². The second-order valence-electron chi connectivity index (χ2n) is 4.40. The molecule has 1 saturated heterocycles. The maximum absolute atomic E-state index is 5.50. The third-order valence-electron chi connectivity index (χ3n) is 3.08. The van der Waals surface area contributed by atoms with Crippen LogP contribution in [0.1, 0.15) is 15.9 Å². The molecule has 1 fully saturated rings. The average molecular weight is 297 g/mol. The van der Waals surface area contributed by atoms with Crippen molar-refractivity contribution < 1.29 is 4.74 Å². The van der Waals surface area contributed by atoms with E-state index < -0.39 is 0 Å². The van der Waals surface area contributed by atoms with E-state index in [0.717, 1.165) is 30.5 Å². The van der Waals surface area contributed by atoms with Crippen LogP contribution in [0.3, 0.4) is 0 Å². The summed E-state index contributed by atoms with van der Waals surface area (Å²) < 4.78 is 5.50. The Bertz CT molecular complexity index is 523. The molecule has 3 nitrogen and oxygen atoms in total. The van der Waals surface area contributed by atoms with Crippen LogP contribution >= 0.6 is 23.7 Å². The van der Waals surface area contributed by atoms with E-state index >= 15 is 0 Å². The number of morpholine rings is 1. The Labute approximate surface area is 123 Å². The first-order chi connectivity index (χ1) is 8.84. The van der Waals surface area contributed by atoms with E-state index in [-0.39, 0.29) is 18.4 Å². The number of ether oxygens (including phenoxy) is 1. The van der Waals surface area contributed by atoms with Gasteiger partial charge in [0, 0.05) is 17.0 Å². The lowest BCUT2D eigenvalue weighted by atomic mass is 10.1. The number of aryl methyl sites for hydroxylation is 1. The molecule has 1 unspecified atom stereocenters. The van der Waals surface area contributed by atoms with Crippen LogP contribution in [0.2, 0.25) is 0 Å². The highest BCUT2D eigenvalue weighted by molar-refractivity contribution is 7.12. The lowest BCUT2D eigenvalue weighted by Crippen LogP contribution is -2.34. The average Bonchev–Trinajstić information content (AvgIpc) is 2.83. The number of nitrogens with zero attached hydrogens (tertiary/aromatic N) is 1. The molecule has 1 aromatic carbocycles. The van der Waals surface area contributed by atoms with Gasteiger partial charge in [-0.25, -0.2) is 4.98 Å². The summed E-state index contributed by atoms with van der Waals surface area (Å²) in [6, 6.07) is 10.6. The molecular weight excluding hydrogens is 280 g/mol. The molecular formula is C14H17ClN2OS. The normalized spacial score (nSPS) is 18.9. The summed E-state index contributed by atoms with van der Waals surface area (Å²) in [5.74, 6) is 0. The van der Waals surface area contributed by atoms with Crippen molar-refractivity contribution in [3.8, 4) is 11.3 Å². The van der Waals surface area contributed by atoms with E-state index in [2.05, 4.69) is 36.5 Å². The molecule has 0 spiro atoms. The van der Waals surface area contributed by atoms with Crippen molar-refractivity contribution in [3.05, 3.63) is 40.2 Å². The minimum Gasteiger partial charge on any atom is -0.378 e. The second-order valence-corrected chi connectivity index (χ2v) is 5.64. The summed E-state index contributed by atoms with van der Waals surface area (Å²) in [5.41, 5.74) is 2.29. The van der Waals surface area contributed by atoms with Crippen molar-refractivity contribution in [1.82, 2.24) is 10.3 Å². The molecule has 0 radical (unpaired) electrons. The molecule has 102 valence electrons. The van der Waals surface area contributed by atoms with Crippen molar-refractivity contribution in [2.24, 2.45) is 0 Å². The number of rotatable bonds is 2. The Balaban J connectivity index is 0.00000133. The maximum Gasteiger partial charge on any atom is 0.113 e. The molecule has 2 heterocycles. The predicted molar refractivity (Wildman–Crippen MR) is 81.1 cm³/mol. The SMILES string of the molecule is Cc1sc(C2COCCN2)nc1-c1ccccc1.Cl. The van der Waals surface area contributed by atoms with E-state index in [1.807, 2.05) is 6.07 Å². The fourth-order valence-electron chi connectivity index (χ4n) is 2.15. The number of nitrogens with one attached hydrogen (secondary N) is 1. The first-order valence-corrected chi connectivity index (χ1v) is 7.00. The van der Waals surface area contributed by atoms with Crippen molar-refractivity contribution in [2.75, 3.05) is 19.8 Å². The van der Waals surface area contributed by atoms with E-state index in [1.54, 1.807) is 11.3 Å². The summed E-state index contributed by atoms with van der Waals surface area (Å²) in [5, 5.41) is 4.58. The quantitative estimate of drug-likeness (QED) is 0.924. The Morgan fingerprint density at radius 2 is 2.11 bits per heavy atom. The first-order valence-electron chi connectivity index (χ1n) is 6.18. The van der Waals surface area contributed by atoms with Crippen LogP contribution in [0.5, 0.6) is 0 Å². The molecule has 1 atom stereocenters. The number of thiazole rings is 1. The minimum atomic E-state index is 0. The summed E-state index contributed by atoms with van der Waals surface area (Å²) >= 11 is 1.76. The fourth-order valence-corrected chi connectivity index (χ4v) is 3.16. The van der Waals surface area contributed by atoms with Gasteiger partial charge in [0.1, 0.15) is 5.01 Å². The third kappa shape index (κ3) is 3.15. The Hall–Kier alpha value is -0.940. The van der Waals surface area contributed by atoms with Gasteiger partial charge in [0.25, 0.3) is 0 Å². The number of aromatic nitrogens is 1. The van der Waals surface area contributed by atoms with Gasteiger partial charge in [-0.1, -0.05) is 30.3 Å². The van der Waals surface area contributed by atoms with E-state index in [9.17, 15) is 0 Å². The summed E-state index contributed by atoms with van der Waals surface area (Å²) in [7, 11) is 0. The van der Waals surface area contributed by atoms with E-state index in [0.29, 0.717) is 0 Å². The molecule has 1 N–H and O–H groups in total. The zero-order valence-electron chi connectivity index (χ0n) is 10.8. The van der Waals surface area contributed by atoms with Gasteiger partial charge >= 0.3 is 0 Å². The topological polar surface area (TPSA) is 34.1 Å². The highest BCUT2D eigenvalue weighted by atomic mass is 35.5. The smallest absolute Gasteiger partial charge is 0.113 e. The summed E-state index contributed by atoms with van der Waals surface area (Å²) in [4.78, 5) is 6.05. The molecule has 2 aromatic rings. The highest BCUT2D eigenvalue weighted by Crippen LogP contribution is 2.30. The van der Waals surface area contributed by atoms with E-state index in [4.69, 9.17) is 9.72 Å². The lowest BCUT2D eigenvalue weighted by Gasteiger charge is -2.21. The van der Waals surface area contributed by atoms with Crippen molar-refractivity contribution in [1.29, 1.82) is 0 Å².